The third-order valence-electron chi connectivity index (χ3n) is 1.88. The second-order valence-corrected chi connectivity index (χ2v) is 3.08. The van der Waals surface area contributed by atoms with Gasteiger partial charge in [0, 0.05) is 7.11 Å². The first-order chi connectivity index (χ1) is 5.91. The lowest BCUT2D eigenvalue weighted by Gasteiger charge is -2.01. The van der Waals surface area contributed by atoms with E-state index in [0.29, 0.717) is 0 Å². The van der Waals surface area contributed by atoms with Gasteiger partial charge in [-0.3, -0.25) is 0 Å². The maximum atomic E-state index is 4.75. The van der Waals surface area contributed by atoms with Gasteiger partial charge < -0.3 is 9.88 Å². The second kappa shape index (κ2) is 11.0. The van der Waals surface area contributed by atoms with Crippen LogP contribution in [-0.4, -0.2) is 21.3 Å². The van der Waals surface area contributed by atoms with Crippen LogP contribution < -0.4 is 5.23 Å². The van der Waals surface area contributed by atoms with Crippen LogP contribution in [-0.2, 0) is 4.65 Å². The molecule has 0 rings (SSSR count). The predicted molar refractivity (Wildman–Crippen MR) is 54.1 cm³/mol. The van der Waals surface area contributed by atoms with Crippen LogP contribution in [0.4, 0.5) is 0 Å². The van der Waals surface area contributed by atoms with Crippen molar-refractivity contribution in [2.45, 2.75) is 45.4 Å². The molecule has 0 aliphatic heterocycles. The first-order valence-corrected chi connectivity index (χ1v) is 4.99. The smallest absolute Gasteiger partial charge is 0.395 e. The van der Waals surface area contributed by atoms with Gasteiger partial charge in [-0.05, 0) is 13.0 Å². The number of unbranched alkanes of at least 4 members (excludes halogenated alkanes) is 5. The van der Waals surface area contributed by atoms with Crippen LogP contribution in [0, 0.1) is 0 Å². The molecule has 0 heterocycles. The Labute approximate surface area is 77.4 Å². The summed E-state index contributed by atoms with van der Waals surface area (Å²) in [6, 6.07) is 0. The molecule has 1 radical (unpaired) electrons. The van der Waals surface area contributed by atoms with E-state index in [1.165, 1.54) is 38.5 Å². The van der Waals surface area contributed by atoms with Crippen LogP contribution in [0.3, 0.4) is 0 Å². The molecule has 0 aromatic carbocycles. The second-order valence-electron chi connectivity index (χ2n) is 3.08. The molecule has 71 valence electrons. The predicted octanol–water partition coefficient (Wildman–Crippen LogP) is 2.12. The summed E-state index contributed by atoms with van der Waals surface area (Å²) in [5, 5.41) is 3.08. The van der Waals surface area contributed by atoms with E-state index < -0.39 is 0 Å². The minimum atomic E-state index is 1.04. The van der Waals surface area contributed by atoms with Crippen LogP contribution in [0.2, 0.25) is 0 Å². The van der Waals surface area contributed by atoms with Crippen molar-refractivity contribution < 1.29 is 4.65 Å². The molecule has 0 saturated carbocycles. The quantitative estimate of drug-likeness (QED) is 0.422. The molecule has 3 heteroatoms. The summed E-state index contributed by atoms with van der Waals surface area (Å²) >= 11 is 0. The molecule has 0 aliphatic carbocycles. The number of hydrogen-bond donors (Lipinski definition) is 1. The monoisotopic (exact) mass is 170 g/mol. The fraction of sp³-hybridized carbons (Fsp3) is 1.00. The molecule has 0 saturated heterocycles. The summed E-state index contributed by atoms with van der Waals surface area (Å²) in [5.41, 5.74) is 0. The van der Waals surface area contributed by atoms with Crippen molar-refractivity contribution in [3.05, 3.63) is 0 Å². The Morgan fingerprint density at radius 1 is 1.08 bits per heavy atom. The molecular formula is C9H21BNO. The lowest BCUT2D eigenvalue weighted by molar-refractivity contribution is 0.429. The number of rotatable bonds is 9. The van der Waals surface area contributed by atoms with Crippen LogP contribution in [0.5, 0.6) is 0 Å². The molecule has 12 heavy (non-hydrogen) atoms. The van der Waals surface area contributed by atoms with Crippen molar-refractivity contribution in [3.63, 3.8) is 0 Å². The molecule has 0 bridgehead atoms. The highest BCUT2D eigenvalue weighted by molar-refractivity contribution is 6.23. The van der Waals surface area contributed by atoms with E-state index in [2.05, 4.69) is 12.2 Å². The number of nitrogens with one attached hydrogen (secondary N) is 1. The average Bonchev–Trinajstić information content (AvgIpc) is 2.10. The summed E-state index contributed by atoms with van der Waals surface area (Å²) in [5.74, 6) is 0. The molecule has 0 atom stereocenters. The molecule has 0 unspecified atom stereocenters. The van der Waals surface area contributed by atoms with E-state index >= 15 is 0 Å². The summed E-state index contributed by atoms with van der Waals surface area (Å²) in [6.45, 7) is 3.29. The normalized spacial score (nSPS) is 10.2. The standard InChI is InChI=1S/C9H21BNO/c1-3-4-5-6-7-8-9-11-10-12-2/h11H,3-9H2,1-2H3. The fourth-order valence-electron chi connectivity index (χ4n) is 1.15. The van der Waals surface area contributed by atoms with Gasteiger partial charge in [-0.1, -0.05) is 39.0 Å². The SMILES string of the molecule is CCCCCCCCN[B]OC. The third kappa shape index (κ3) is 9.98. The highest BCUT2D eigenvalue weighted by Crippen LogP contribution is 2.03. The third-order valence-corrected chi connectivity index (χ3v) is 1.88. The summed E-state index contributed by atoms with van der Waals surface area (Å²) in [7, 11) is 3.31. The Bertz CT molecular complexity index is 70.9. The van der Waals surface area contributed by atoms with Crippen molar-refractivity contribution in [2.75, 3.05) is 13.7 Å². The Hall–Kier alpha value is -0.0151. The zero-order valence-corrected chi connectivity index (χ0v) is 8.44. The minimum Gasteiger partial charge on any atom is -0.427 e. The van der Waals surface area contributed by atoms with Gasteiger partial charge >= 0.3 is 7.62 Å². The average molecular weight is 170 g/mol. The summed E-state index contributed by atoms with van der Waals surface area (Å²) < 4.78 is 4.75. The van der Waals surface area contributed by atoms with E-state index in [1.807, 2.05) is 0 Å². The van der Waals surface area contributed by atoms with E-state index in [-0.39, 0.29) is 0 Å². The first kappa shape index (κ1) is 12.0. The highest BCUT2D eigenvalue weighted by Gasteiger charge is 1.90. The Kier molecular flexibility index (Phi) is 11.0. The van der Waals surface area contributed by atoms with Gasteiger partial charge in [0.1, 0.15) is 0 Å². The lowest BCUT2D eigenvalue weighted by Crippen LogP contribution is -2.21. The maximum Gasteiger partial charge on any atom is 0.395 e. The van der Waals surface area contributed by atoms with Crippen molar-refractivity contribution in [1.82, 2.24) is 5.23 Å². The molecule has 0 aromatic rings. The molecule has 0 fully saturated rings. The van der Waals surface area contributed by atoms with Crippen molar-refractivity contribution in [1.29, 1.82) is 0 Å². The van der Waals surface area contributed by atoms with Gasteiger partial charge in [-0.15, -0.1) is 0 Å². The maximum absolute atomic E-state index is 4.75. The molecule has 0 aliphatic rings. The van der Waals surface area contributed by atoms with Crippen molar-refractivity contribution in [2.24, 2.45) is 0 Å². The van der Waals surface area contributed by atoms with Crippen LogP contribution in [0.1, 0.15) is 45.4 Å². The Morgan fingerprint density at radius 2 is 1.75 bits per heavy atom. The fourth-order valence-corrected chi connectivity index (χ4v) is 1.15. The topological polar surface area (TPSA) is 21.3 Å². The molecule has 0 aromatic heterocycles. The van der Waals surface area contributed by atoms with Gasteiger partial charge in [0.2, 0.25) is 0 Å². The van der Waals surface area contributed by atoms with Gasteiger partial charge in [0.25, 0.3) is 0 Å². The first-order valence-electron chi connectivity index (χ1n) is 4.99. The van der Waals surface area contributed by atoms with E-state index in [9.17, 15) is 0 Å². The minimum absolute atomic E-state index is 1.04. The van der Waals surface area contributed by atoms with Crippen LogP contribution in [0.25, 0.3) is 0 Å². The molecular weight excluding hydrogens is 149 g/mol. The summed E-state index contributed by atoms with van der Waals surface area (Å²) in [6.07, 6.45) is 8.08. The van der Waals surface area contributed by atoms with E-state index in [1.54, 1.807) is 14.7 Å². The van der Waals surface area contributed by atoms with Gasteiger partial charge in [0.05, 0.1) is 0 Å². The summed E-state index contributed by atoms with van der Waals surface area (Å²) in [4.78, 5) is 0. The molecule has 0 spiro atoms. The van der Waals surface area contributed by atoms with E-state index in [0.717, 1.165) is 6.54 Å². The molecule has 2 nitrogen and oxygen atoms in total. The van der Waals surface area contributed by atoms with Crippen molar-refractivity contribution in [3.8, 4) is 0 Å². The van der Waals surface area contributed by atoms with E-state index in [4.69, 9.17) is 4.65 Å². The van der Waals surface area contributed by atoms with Crippen molar-refractivity contribution >= 4 is 7.62 Å². The van der Waals surface area contributed by atoms with Gasteiger partial charge in [-0.2, -0.15) is 0 Å². The van der Waals surface area contributed by atoms with Gasteiger partial charge in [0.15, 0.2) is 0 Å². The zero-order valence-electron chi connectivity index (χ0n) is 8.44. The van der Waals surface area contributed by atoms with Crippen LogP contribution in [0.15, 0.2) is 0 Å². The lowest BCUT2D eigenvalue weighted by atomic mass is 10.1. The van der Waals surface area contributed by atoms with Crippen LogP contribution >= 0.6 is 0 Å². The Balaban J connectivity index is 2.73. The number of hydrogen-bond acceptors (Lipinski definition) is 2. The Morgan fingerprint density at radius 3 is 2.42 bits per heavy atom. The van der Waals surface area contributed by atoms with Gasteiger partial charge in [-0.25, -0.2) is 0 Å². The largest absolute Gasteiger partial charge is 0.427 e. The molecule has 1 N–H and O–H groups in total. The molecule has 0 amide bonds. The zero-order chi connectivity index (χ0) is 9.07. The highest BCUT2D eigenvalue weighted by atomic mass is 16.4.